The fraction of sp³-hybridized carbons (Fsp3) is 0.300. The Morgan fingerprint density at radius 1 is 0.962 bits per heavy atom. The lowest BCUT2D eigenvalue weighted by molar-refractivity contribution is -0.122. The van der Waals surface area contributed by atoms with E-state index < -0.39 is 6.04 Å². The molecule has 2 aromatic rings. The molecule has 0 spiro atoms. The third kappa shape index (κ3) is 3.10. The predicted molar refractivity (Wildman–Crippen MR) is 99.5 cm³/mol. The Morgan fingerprint density at radius 3 is 2.42 bits per heavy atom. The second kappa shape index (κ2) is 6.71. The lowest BCUT2D eigenvalue weighted by Crippen LogP contribution is -2.61. The molecule has 0 bridgehead atoms. The molecule has 26 heavy (non-hydrogen) atoms. The van der Waals surface area contributed by atoms with Crippen LogP contribution < -0.4 is 15.1 Å². The highest BCUT2D eigenvalue weighted by Gasteiger charge is 2.42. The van der Waals surface area contributed by atoms with Crippen LogP contribution in [0, 0.1) is 0 Å². The summed E-state index contributed by atoms with van der Waals surface area (Å²) in [6.07, 6.45) is -0.0552. The van der Waals surface area contributed by atoms with Gasteiger partial charge in [0.1, 0.15) is 11.8 Å². The van der Waals surface area contributed by atoms with Crippen LogP contribution in [0.1, 0.15) is 6.42 Å². The van der Waals surface area contributed by atoms with Gasteiger partial charge < -0.3 is 20.2 Å². The Labute approximate surface area is 152 Å². The van der Waals surface area contributed by atoms with Gasteiger partial charge in [-0.25, -0.2) is 0 Å². The van der Waals surface area contributed by atoms with Gasteiger partial charge in [-0.2, -0.15) is 0 Å². The van der Waals surface area contributed by atoms with Crippen molar-refractivity contribution in [1.82, 2.24) is 5.32 Å². The van der Waals surface area contributed by atoms with Crippen LogP contribution in [0.15, 0.2) is 54.6 Å². The van der Waals surface area contributed by atoms with Crippen molar-refractivity contribution in [1.29, 1.82) is 0 Å². The van der Waals surface area contributed by atoms with Gasteiger partial charge in [0.2, 0.25) is 5.91 Å². The van der Waals surface area contributed by atoms with E-state index in [2.05, 4.69) is 27.2 Å². The molecule has 2 aliphatic heterocycles. The van der Waals surface area contributed by atoms with Crippen LogP contribution in [0.2, 0.25) is 0 Å². The molecule has 4 rings (SSSR count). The zero-order valence-electron chi connectivity index (χ0n) is 14.3. The Bertz CT molecular complexity index is 824. The minimum atomic E-state index is -0.531. The number of benzene rings is 2. The molecule has 134 valence electrons. The molecule has 2 aliphatic rings. The van der Waals surface area contributed by atoms with Crippen LogP contribution in [-0.2, 0) is 9.59 Å². The summed E-state index contributed by atoms with van der Waals surface area (Å²) < 4.78 is 0. The number of rotatable bonds is 3. The summed E-state index contributed by atoms with van der Waals surface area (Å²) >= 11 is 0. The monoisotopic (exact) mass is 351 g/mol. The van der Waals surface area contributed by atoms with E-state index in [0.717, 1.165) is 17.9 Å². The summed E-state index contributed by atoms with van der Waals surface area (Å²) in [4.78, 5) is 28.5. The molecule has 2 aromatic carbocycles. The first kappa shape index (κ1) is 16.4. The van der Waals surface area contributed by atoms with E-state index in [-0.39, 0.29) is 29.9 Å². The lowest BCUT2D eigenvalue weighted by atomic mass is 9.99. The molecule has 0 saturated carbocycles. The SMILES string of the molecule is O=C1CC(=O)C(C2CN(c3ccccc3)CCN2c2cccc(O)c2)N1. The highest BCUT2D eigenvalue weighted by Crippen LogP contribution is 2.29. The van der Waals surface area contributed by atoms with E-state index in [0.29, 0.717) is 13.1 Å². The molecular weight excluding hydrogens is 330 g/mol. The maximum absolute atomic E-state index is 12.4. The minimum absolute atomic E-state index is 0.0552. The molecule has 2 saturated heterocycles. The first-order valence-corrected chi connectivity index (χ1v) is 8.79. The summed E-state index contributed by atoms with van der Waals surface area (Å²) in [6, 6.07) is 16.4. The largest absolute Gasteiger partial charge is 0.508 e. The van der Waals surface area contributed by atoms with Gasteiger partial charge >= 0.3 is 0 Å². The van der Waals surface area contributed by atoms with Crippen LogP contribution >= 0.6 is 0 Å². The average molecular weight is 351 g/mol. The molecule has 0 aromatic heterocycles. The first-order valence-electron chi connectivity index (χ1n) is 8.79. The van der Waals surface area contributed by atoms with Gasteiger partial charge in [-0.3, -0.25) is 9.59 Å². The van der Waals surface area contributed by atoms with Crippen LogP contribution in [0.3, 0.4) is 0 Å². The Morgan fingerprint density at radius 2 is 1.73 bits per heavy atom. The molecule has 2 atom stereocenters. The van der Waals surface area contributed by atoms with Crippen LogP contribution in [0.4, 0.5) is 11.4 Å². The van der Waals surface area contributed by atoms with Crippen molar-refractivity contribution in [3.63, 3.8) is 0 Å². The number of nitrogens with zero attached hydrogens (tertiary/aromatic N) is 2. The molecule has 2 fully saturated rings. The number of piperazine rings is 1. The van der Waals surface area contributed by atoms with Crippen molar-refractivity contribution in [2.24, 2.45) is 0 Å². The van der Waals surface area contributed by atoms with Crippen LogP contribution in [-0.4, -0.2) is 48.5 Å². The lowest BCUT2D eigenvalue weighted by Gasteiger charge is -2.45. The maximum atomic E-state index is 12.4. The minimum Gasteiger partial charge on any atom is -0.508 e. The molecular formula is C20H21N3O3. The van der Waals surface area contributed by atoms with Crippen LogP contribution in [0.25, 0.3) is 0 Å². The van der Waals surface area contributed by atoms with E-state index >= 15 is 0 Å². The van der Waals surface area contributed by atoms with E-state index in [1.165, 1.54) is 0 Å². The zero-order chi connectivity index (χ0) is 18.1. The number of para-hydroxylation sites is 1. The average Bonchev–Trinajstić information content (AvgIpc) is 3.00. The number of ketones is 1. The number of nitrogens with one attached hydrogen (secondary N) is 1. The molecule has 0 aliphatic carbocycles. The Hall–Kier alpha value is -3.02. The Kier molecular flexibility index (Phi) is 4.24. The summed E-state index contributed by atoms with van der Waals surface area (Å²) in [5.41, 5.74) is 1.96. The smallest absolute Gasteiger partial charge is 0.228 e. The van der Waals surface area contributed by atoms with Crippen molar-refractivity contribution in [3.05, 3.63) is 54.6 Å². The van der Waals surface area contributed by atoms with Gasteiger partial charge in [0, 0.05) is 37.1 Å². The molecule has 2 heterocycles. The summed E-state index contributed by atoms with van der Waals surface area (Å²) in [6.45, 7) is 2.12. The topological polar surface area (TPSA) is 72.9 Å². The number of phenols is 1. The summed E-state index contributed by atoms with van der Waals surface area (Å²) in [5.74, 6) is -0.0960. The molecule has 2 unspecified atom stereocenters. The van der Waals surface area contributed by atoms with Gasteiger partial charge in [0.15, 0.2) is 5.78 Å². The van der Waals surface area contributed by atoms with Gasteiger partial charge in [-0.1, -0.05) is 24.3 Å². The second-order valence-electron chi connectivity index (χ2n) is 6.75. The third-order valence-electron chi connectivity index (χ3n) is 5.08. The molecule has 6 nitrogen and oxygen atoms in total. The quantitative estimate of drug-likeness (QED) is 0.821. The van der Waals surface area contributed by atoms with E-state index in [1.807, 2.05) is 24.3 Å². The van der Waals surface area contributed by atoms with Crippen molar-refractivity contribution in [2.45, 2.75) is 18.5 Å². The number of carbonyl (C=O) groups is 2. The van der Waals surface area contributed by atoms with E-state index in [4.69, 9.17) is 0 Å². The Balaban J connectivity index is 1.66. The second-order valence-corrected chi connectivity index (χ2v) is 6.75. The standard InChI is InChI=1S/C20H21N3O3/c24-16-8-4-7-15(11-16)23-10-9-22(14-5-2-1-3-6-14)13-17(23)20-18(25)12-19(26)21-20/h1-8,11,17,20,24H,9-10,12-13H2,(H,21,26). The van der Waals surface area contributed by atoms with Gasteiger partial charge in [-0.05, 0) is 24.3 Å². The zero-order valence-corrected chi connectivity index (χ0v) is 14.3. The van der Waals surface area contributed by atoms with Crippen molar-refractivity contribution in [3.8, 4) is 5.75 Å². The summed E-state index contributed by atoms with van der Waals surface area (Å²) in [7, 11) is 0. The van der Waals surface area contributed by atoms with E-state index in [1.54, 1.807) is 18.2 Å². The highest BCUT2D eigenvalue weighted by atomic mass is 16.3. The van der Waals surface area contributed by atoms with Gasteiger partial charge in [0.05, 0.1) is 12.5 Å². The number of hydrogen-bond donors (Lipinski definition) is 2. The van der Waals surface area contributed by atoms with Crippen molar-refractivity contribution < 1.29 is 14.7 Å². The normalized spacial score (nSPS) is 23.2. The third-order valence-corrected chi connectivity index (χ3v) is 5.08. The number of phenolic OH excluding ortho intramolecular Hbond substituents is 1. The molecule has 6 heteroatoms. The van der Waals surface area contributed by atoms with Crippen molar-refractivity contribution in [2.75, 3.05) is 29.4 Å². The van der Waals surface area contributed by atoms with E-state index in [9.17, 15) is 14.7 Å². The van der Waals surface area contributed by atoms with Crippen LogP contribution in [0.5, 0.6) is 5.75 Å². The maximum Gasteiger partial charge on any atom is 0.228 e. The first-order chi connectivity index (χ1) is 12.6. The number of hydrogen-bond acceptors (Lipinski definition) is 5. The fourth-order valence-electron chi connectivity index (χ4n) is 3.84. The number of aromatic hydroxyl groups is 1. The van der Waals surface area contributed by atoms with Gasteiger partial charge in [0.25, 0.3) is 0 Å². The molecule has 0 radical (unpaired) electrons. The number of Topliss-reactive ketones (excluding diaryl/α,β-unsaturated/α-hetero) is 1. The highest BCUT2D eigenvalue weighted by molar-refractivity contribution is 6.08. The molecule has 1 amide bonds. The number of anilines is 2. The predicted octanol–water partition coefficient (Wildman–Crippen LogP) is 1.54. The number of amides is 1. The molecule has 2 N–H and O–H groups in total. The number of carbonyl (C=O) groups excluding carboxylic acids is 2. The van der Waals surface area contributed by atoms with Gasteiger partial charge in [-0.15, -0.1) is 0 Å². The van der Waals surface area contributed by atoms with Crippen molar-refractivity contribution >= 4 is 23.1 Å². The fourth-order valence-corrected chi connectivity index (χ4v) is 3.84. The summed E-state index contributed by atoms with van der Waals surface area (Å²) in [5, 5.41) is 12.7.